The summed E-state index contributed by atoms with van der Waals surface area (Å²) in [7, 11) is 0. The fourth-order valence-corrected chi connectivity index (χ4v) is 2.34. The van der Waals surface area contributed by atoms with Crippen LogP contribution in [-0.2, 0) is 9.59 Å². The zero-order chi connectivity index (χ0) is 16.2. The minimum absolute atomic E-state index is 0.0978. The molecule has 0 bridgehead atoms. The van der Waals surface area contributed by atoms with Gasteiger partial charge in [-0.25, -0.2) is 0 Å². The number of anilines is 1. The SMILES string of the molecule is CCOc1ccc(NC(=O)C2(C)CNC(=O)C2)cc1OCC. The molecule has 1 aliphatic rings. The first-order chi connectivity index (χ1) is 10.5. The predicted octanol–water partition coefficient (Wildman–Crippen LogP) is 1.95. The van der Waals surface area contributed by atoms with Gasteiger partial charge in [-0.1, -0.05) is 0 Å². The lowest BCUT2D eigenvalue weighted by Gasteiger charge is -2.21. The molecule has 0 saturated carbocycles. The molecule has 2 rings (SSSR count). The molecule has 0 aromatic heterocycles. The van der Waals surface area contributed by atoms with E-state index in [1.165, 1.54) is 0 Å². The molecule has 1 saturated heterocycles. The topological polar surface area (TPSA) is 76.7 Å². The smallest absolute Gasteiger partial charge is 0.232 e. The summed E-state index contributed by atoms with van der Waals surface area (Å²) >= 11 is 0. The van der Waals surface area contributed by atoms with Crippen LogP contribution in [0.25, 0.3) is 0 Å². The third-order valence-corrected chi connectivity index (χ3v) is 3.58. The summed E-state index contributed by atoms with van der Waals surface area (Å²) in [6.45, 7) is 6.96. The molecule has 0 radical (unpaired) electrons. The number of carbonyl (C=O) groups excluding carboxylic acids is 2. The van der Waals surface area contributed by atoms with E-state index in [1.54, 1.807) is 25.1 Å². The van der Waals surface area contributed by atoms with Crippen molar-refractivity contribution in [3.8, 4) is 11.5 Å². The molecule has 120 valence electrons. The molecule has 1 aromatic rings. The second-order valence-corrected chi connectivity index (χ2v) is 5.50. The van der Waals surface area contributed by atoms with Gasteiger partial charge in [-0.15, -0.1) is 0 Å². The van der Waals surface area contributed by atoms with E-state index >= 15 is 0 Å². The van der Waals surface area contributed by atoms with Crippen LogP contribution >= 0.6 is 0 Å². The van der Waals surface area contributed by atoms with Crippen LogP contribution in [0.1, 0.15) is 27.2 Å². The second-order valence-electron chi connectivity index (χ2n) is 5.50. The van der Waals surface area contributed by atoms with Gasteiger partial charge < -0.3 is 20.1 Å². The van der Waals surface area contributed by atoms with Crippen molar-refractivity contribution in [1.82, 2.24) is 5.32 Å². The summed E-state index contributed by atoms with van der Waals surface area (Å²) in [6.07, 6.45) is 0.203. The molecule has 1 aromatic carbocycles. The summed E-state index contributed by atoms with van der Waals surface area (Å²) in [5.41, 5.74) is -0.0981. The number of carbonyl (C=O) groups is 2. The molecule has 0 aliphatic carbocycles. The highest BCUT2D eigenvalue weighted by molar-refractivity contribution is 6.00. The molecule has 1 atom stereocenters. The maximum Gasteiger partial charge on any atom is 0.232 e. The van der Waals surface area contributed by atoms with Gasteiger partial charge in [0.1, 0.15) is 0 Å². The van der Waals surface area contributed by atoms with Gasteiger partial charge in [0.25, 0.3) is 0 Å². The largest absolute Gasteiger partial charge is 0.490 e. The monoisotopic (exact) mass is 306 g/mol. The molecule has 2 amide bonds. The van der Waals surface area contributed by atoms with Crippen LogP contribution in [0.4, 0.5) is 5.69 Å². The Morgan fingerprint density at radius 3 is 2.55 bits per heavy atom. The molecular weight excluding hydrogens is 284 g/mol. The molecule has 0 spiro atoms. The van der Waals surface area contributed by atoms with Crippen molar-refractivity contribution in [3.63, 3.8) is 0 Å². The van der Waals surface area contributed by atoms with E-state index in [1.807, 2.05) is 13.8 Å². The van der Waals surface area contributed by atoms with Crippen LogP contribution < -0.4 is 20.1 Å². The number of benzene rings is 1. The van der Waals surface area contributed by atoms with Gasteiger partial charge >= 0.3 is 0 Å². The lowest BCUT2D eigenvalue weighted by atomic mass is 9.88. The normalized spacial score (nSPS) is 20.4. The molecule has 1 heterocycles. The third kappa shape index (κ3) is 3.50. The number of nitrogens with one attached hydrogen (secondary N) is 2. The lowest BCUT2D eigenvalue weighted by Crippen LogP contribution is -2.35. The Balaban J connectivity index is 2.14. The van der Waals surface area contributed by atoms with Crippen LogP contribution in [0.2, 0.25) is 0 Å². The third-order valence-electron chi connectivity index (χ3n) is 3.58. The quantitative estimate of drug-likeness (QED) is 0.842. The van der Waals surface area contributed by atoms with Gasteiger partial charge in [0.05, 0.1) is 18.6 Å². The molecule has 22 heavy (non-hydrogen) atoms. The highest BCUT2D eigenvalue weighted by Gasteiger charge is 2.40. The standard InChI is InChI=1S/C16H22N2O4/c1-4-21-12-7-6-11(8-13(12)22-5-2)18-15(20)16(3)9-14(19)17-10-16/h6-8H,4-5,9-10H2,1-3H3,(H,17,19)(H,18,20). The number of ether oxygens (including phenoxy) is 2. The zero-order valence-electron chi connectivity index (χ0n) is 13.2. The van der Waals surface area contributed by atoms with Crippen molar-refractivity contribution in [2.45, 2.75) is 27.2 Å². The van der Waals surface area contributed by atoms with E-state index in [9.17, 15) is 9.59 Å². The van der Waals surface area contributed by atoms with Gasteiger partial charge in [0, 0.05) is 24.7 Å². The fourth-order valence-electron chi connectivity index (χ4n) is 2.34. The Labute approximate surface area is 130 Å². The molecule has 1 fully saturated rings. The molecule has 1 unspecified atom stereocenters. The Morgan fingerprint density at radius 2 is 1.95 bits per heavy atom. The maximum atomic E-state index is 12.4. The van der Waals surface area contributed by atoms with Crippen molar-refractivity contribution >= 4 is 17.5 Å². The van der Waals surface area contributed by atoms with E-state index in [-0.39, 0.29) is 18.2 Å². The second kappa shape index (κ2) is 6.68. The first kappa shape index (κ1) is 16.1. The van der Waals surface area contributed by atoms with Crippen molar-refractivity contribution in [2.75, 3.05) is 25.1 Å². The summed E-state index contributed by atoms with van der Waals surface area (Å²) in [6, 6.07) is 5.27. The molecule has 1 aliphatic heterocycles. The molecule has 6 heteroatoms. The Kier molecular flexibility index (Phi) is 4.90. The summed E-state index contributed by atoms with van der Waals surface area (Å²) in [5, 5.41) is 5.54. The van der Waals surface area contributed by atoms with Gasteiger partial charge in [0.2, 0.25) is 11.8 Å². The molecule has 6 nitrogen and oxygen atoms in total. The maximum absolute atomic E-state index is 12.4. The Bertz CT molecular complexity index is 573. The minimum Gasteiger partial charge on any atom is -0.490 e. The molecular formula is C16H22N2O4. The molecule has 2 N–H and O–H groups in total. The van der Waals surface area contributed by atoms with E-state index in [0.29, 0.717) is 36.9 Å². The van der Waals surface area contributed by atoms with Crippen LogP contribution in [0.15, 0.2) is 18.2 Å². The van der Waals surface area contributed by atoms with Crippen molar-refractivity contribution in [1.29, 1.82) is 0 Å². The van der Waals surface area contributed by atoms with Crippen molar-refractivity contribution in [3.05, 3.63) is 18.2 Å². The highest BCUT2D eigenvalue weighted by atomic mass is 16.5. The highest BCUT2D eigenvalue weighted by Crippen LogP contribution is 2.32. The first-order valence-electron chi connectivity index (χ1n) is 7.46. The van der Waals surface area contributed by atoms with E-state index < -0.39 is 5.41 Å². The van der Waals surface area contributed by atoms with E-state index in [2.05, 4.69) is 10.6 Å². The first-order valence-corrected chi connectivity index (χ1v) is 7.46. The number of rotatable bonds is 6. The summed E-state index contributed by atoms with van der Waals surface area (Å²) in [5.74, 6) is 0.955. The Hall–Kier alpha value is -2.24. The minimum atomic E-state index is -0.721. The average molecular weight is 306 g/mol. The van der Waals surface area contributed by atoms with Crippen LogP contribution in [0.5, 0.6) is 11.5 Å². The number of amides is 2. The van der Waals surface area contributed by atoms with Gasteiger partial charge in [-0.05, 0) is 32.9 Å². The van der Waals surface area contributed by atoms with Gasteiger partial charge in [-0.3, -0.25) is 9.59 Å². The van der Waals surface area contributed by atoms with Crippen LogP contribution in [0.3, 0.4) is 0 Å². The zero-order valence-corrected chi connectivity index (χ0v) is 13.2. The van der Waals surface area contributed by atoms with Crippen molar-refractivity contribution < 1.29 is 19.1 Å². The van der Waals surface area contributed by atoms with Gasteiger partial charge in [-0.2, -0.15) is 0 Å². The summed E-state index contributed by atoms with van der Waals surface area (Å²) < 4.78 is 11.0. The van der Waals surface area contributed by atoms with E-state index in [0.717, 1.165) is 0 Å². The Morgan fingerprint density at radius 1 is 1.27 bits per heavy atom. The van der Waals surface area contributed by atoms with Crippen molar-refractivity contribution in [2.24, 2.45) is 5.41 Å². The van der Waals surface area contributed by atoms with Crippen LogP contribution in [0, 0.1) is 5.41 Å². The summed E-state index contributed by atoms with van der Waals surface area (Å²) in [4.78, 5) is 23.7. The van der Waals surface area contributed by atoms with E-state index in [4.69, 9.17) is 9.47 Å². The van der Waals surface area contributed by atoms with Crippen LogP contribution in [-0.4, -0.2) is 31.6 Å². The number of hydrogen-bond acceptors (Lipinski definition) is 4. The lowest BCUT2D eigenvalue weighted by molar-refractivity contribution is -0.126. The number of hydrogen-bond donors (Lipinski definition) is 2. The predicted molar refractivity (Wildman–Crippen MR) is 83.1 cm³/mol. The average Bonchev–Trinajstić information content (AvgIpc) is 2.83. The van der Waals surface area contributed by atoms with Gasteiger partial charge in [0.15, 0.2) is 11.5 Å². The fraction of sp³-hybridized carbons (Fsp3) is 0.500.